The lowest BCUT2D eigenvalue weighted by atomic mass is 9.94. The number of benzene rings is 1. The van der Waals surface area contributed by atoms with Gasteiger partial charge in [0.2, 0.25) is 0 Å². The van der Waals surface area contributed by atoms with Crippen LogP contribution in [0.15, 0.2) is 29.4 Å². The average Bonchev–Trinajstić information content (AvgIpc) is 3.25. The Kier molecular flexibility index (Phi) is 6.80. The normalized spacial score (nSPS) is 23.4. The van der Waals surface area contributed by atoms with Gasteiger partial charge in [0.25, 0.3) is 0 Å². The van der Waals surface area contributed by atoms with Crippen molar-refractivity contribution < 1.29 is 8.78 Å². The van der Waals surface area contributed by atoms with Crippen LogP contribution >= 0.6 is 24.0 Å². The predicted octanol–water partition coefficient (Wildman–Crippen LogP) is 3.94. The van der Waals surface area contributed by atoms with Crippen molar-refractivity contribution in [1.29, 1.82) is 0 Å². The third-order valence-corrected chi connectivity index (χ3v) is 5.67. The van der Waals surface area contributed by atoms with E-state index in [1.54, 1.807) is 7.05 Å². The molecule has 4 rings (SSSR count). The van der Waals surface area contributed by atoms with Gasteiger partial charge in [0.15, 0.2) is 5.96 Å². The maximum absolute atomic E-state index is 14.0. The second-order valence-electron chi connectivity index (χ2n) is 8.06. The number of guanidine groups is 1. The first-order chi connectivity index (χ1) is 13.5. The molecule has 1 aromatic carbocycles. The highest BCUT2D eigenvalue weighted by Crippen LogP contribution is 2.43. The molecule has 0 saturated heterocycles. The fraction of sp³-hybridized carbons (Fsp3) is 0.524. The Labute approximate surface area is 187 Å². The van der Waals surface area contributed by atoms with Gasteiger partial charge in [-0.05, 0) is 50.8 Å². The highest BCUT2D eigenvalue weighted by molar-refractivity contribution is 14.0. The largest absolute Gasteiger partial charge is 0.353 e. The van der Waals surface area contributed by atoms with Crippen LogP contribution in [0.4, 0.5) is 8.78 Å². The fourth-order valence-corrected chi connectivity index (χ4v) is 3.98. The molecular formula is C21H28F2IN5. The minimum Gasteiger partial charge on any atom is -0.353 e. The Balaban J connectivity index is 0.00000240. The first-order valence-electron chi connectivity index (χ1n) is 9.97. The van der Waals surface area contributed by atoms with Crippen molar-refractivity contribution in [2.75, 3.05) is 7.05 Å². The zero-order valence-corrected chi connectivity index (χ0v) is 19.3. The standard InChI is InChI=1S/C21H27F2N5.HI/c1-12(2)28-11-13-7-8-14(9-18(13)27-28)25-21(24-3)26-19-10-15(19)20-16(22)5-4-6-17(20)23;/h4-6,11-12,14-15,19H,7-10H2,1-3H3,(H2,24,25,26);1H. The van der Waals surface area contributed by atoms with Crippen molar-refractivity contribution in [3.63, 3.8) is 0 Å². The molecule has 3 unspecified atom stereocenters. The van der Waals surface area contributed by atoms with Crippen molar-refractivity contribution >= 4 is 29.9 Å². The van der Waals surface area contributed by atoms with Crippen LogP contribution in [-0.4, -0.2) is 34.9 Å². The number of hydrogen-bond acceptors (Lipinski definition) is 2. The highest BCUT2D eigenvalue weighted by Gasteiger charge is 2.42. The van der Waals surface area contributed by atoms with Crippen LogP contribution in [0.3, 0.4) is 0 Å². The second-order valence-corrected chi connectivity index (χ2v) is 8.06. The molecule has 2 aliphatic rings. The van der Waals surface area contributed by atoms with Gasteiger partial charge in [-0.3, -0.25) is 9.67 Å². The van der Waals surface area contributed by atoms with Gasteiger partial charge >= 0.3 is 0 Å². The number of aliphatic imine (C=N–C) groups is 1. The van der Waals surface area contributed by atoms with Crippen LogP contribution in [0.5, 0.6) is 0 Å². The summed E-state index contributed by atoms with van der Waals surface area (Å²) < 4.78 is 30.0. The SMILES string of the molecule is CN=C(NC1CCc2cn(C(C)C)nc2C1)NC1CC1c1c(F)cccc1F.I. The lowest BCUT2D eigenvalue weighted by Crippen LogP contribution is -2.46. The van der Waals surface area contributed by atoms with Gasteiger partial charge in [-0.25, -0.2) is 8.78 Å². The van der Waals surface area contributed by atoms with E-state index in [0.29, 0.717) is 18.4 Å². The number of aromatic nitrogens is 2. The van der Waals surface area contributed by atoms with Gasteiger partial charge in [-0.2, -0.15) is 5.10 Å². The summed E-state index contributed by atoms with van der Waals surface area (Å²) in [4.78, 5) is 4.31. The summed E-state index contributed by atoms with van der Waals surface area (Å²) in [5.41, 5.74) is 2.65. The molecule has 0 amide bonds. The van der Waals surface area contributed by atoms with Crippen molar-refractivity contribution in [3.8, 4) is 0 Å². The van der Waals surface area contributed by atoms with Crippen molar-refractivity contribution in [2.45, 2.75) is 63.6 Å². The first-order valence-corrected chi connectivity index (χ1v) is 9.97. The molecule has 0 spiro atoms. The number of nitrogens with zero attached hydrogens (tertiary/aromatic N) is 3. The van der Waals surface area contributed by atoms with E-state index in [9.17, 15) is 8.78 Å². The maximum atomic E-state index is 14.0. The van der Waals surface area contributed by atoms with Crippen molar-refractivity contribution in [3.05, 3.63) is 52.9 Å². The summed E-state index contributed by atoms with van der Waals surface area (Å²) in [7, 11) is 1.72. The van der Waals surface area contributed by atoms with Gasteiger partial charge in [0, 0.05) is 49.3 Å². The Morgan fingerprint density at radius 3 is 2.62 bits per heavy atom. The smallest absolute Gasteiger partial charge is 0.191 e. The van der Waals surface area contributed by atoms with E-state index in [1.807, 2.05) is 4.68 Å². The lowest BCUT2D eigenvalue weighted by molar-refractivity contribution is 0.499. The molecular weight excluding hydrogens is 487 g/mol. The van der Waals surface area contributed by atoms with Gasteiger partial charge < -0.3 is 10.6 Å². The molecule has 1 aromatic heterocycles. The minimum absolute atomic E-state index is 0. The number of aryl methyl sites for hydroxylation is 1. The number of hydrogen-bond donors (Lipinski definition) is 2. The Hall–Kier alpha value is -1.71. The Bertz CT molecular complexity index is 875. The minimum atomic E-state index is -0.474. The van der Waals surface area contributed by atoms with E-state index in [0.717, 1.165) is 25.0 Å². The zero-order valence-electron chi connectivity index (χ0n) is 17.0. The number of fused-ring (bicyclic) bond motifs is 1. The molecule has 29 heavy (non-hydrogen) atoms. The molecule has 1 fully saturated rings. The third-order valence-electron chi connectivity index (χ3n) is 5.67. The van der Waals surface area contributed by atoms with E-state index in [2.05, 4.69) is 35.7 Å². The van der Waals surface area contributed by atoms with Crippen LogP contribution in [0.1, 0.15) is 55.5 Å². The third kappa shape index (κ3) is 4.73. The molecule has 2 N–H and O–H groups in total. The van der Waals surface area contributed by atoms with E-state index in [-0.39, 0.29) is 47.5 Å². The maximum Gasteiger partial charge on any atom is 0.191 e. The first kappa shape index (κ1) is 22.0. The quantitative estimate of drug-likeness (QED) is 0.369. The summed E-state index contributed by atoms with van der Waals surface area (Å²) in [6, 6.07) is 4.64. The molecule has 5 nitrogen and oxygen atoms in total. The topological polar surface area (TPSA) is 54.2 Å². The summed E-state index contributed by atoms with van der Waals surface area (Å²) in [6.07, 6.45) is 5.70. The molecule has 158 valence electrons. The van der Waals surface area contributed by atoms with Crippen LogP contribution in [0.2, 0.25) is 0 Å². The monoisotopic (exact) mass is 515 g/mol. The van der Waals surface area contributed by atoms with E-state index < -0.39 is 11.6 Å². The molecule has 0 radical (unpaired) electrons. The van der Waals surface area contributed by atoms with Crippen LogP contribution < -0.4 is 10.6 Å². The number of rotatable bonds is 4. The number of halogens is 3. The molecule has 2 aliphatic carbocycles. The van der Waals surface area contributed by atoms with Gasteiger partial charge in [0.05, 0.1) is 5.69 Å². The predicted molar refractivity (Wildman–Crippen MR) is 121 cm³/mol. The highest BCUT2D eigenvalue weighted by atomic mass is 127. The molecule has 8 heteroatoms. The van der Waals surface area contributed by atoms with Gasteiger partial charge in [-0.15, -0.1) is 24.0 Å². The Morgan fingerprint density at radius 2 is 1.97 bits per heavy atom. The molecule has 2 aromatic rings. The van der Waals surface area contributed by atoms with E-state index >= 15 is 0 Å². The molecule has 0 bridgehead atoms. The fourth-order valence-electron chi connectivity index (χ4n) is 3.98. The van der Waals surface area contributed by atoms with Crippen LogP contribution in [0.25, 0.3) is 0 Å². The number of nitrogens with one attached hydrogen (secondary N) is 2. The van der Waals surface area contributed by atoms with Gasteiger partial charge in [0.1, 0.15) is 11.6 Å². The Morgan fingerprint density at radius 1 is 1.24 bits per heavy atom. The summed E-state index contributed by atoms with van der Waals surface area (Å²) in [5.74, 6) is -0.420. The lowest BCUT2D eigenvalue weighted by Gasteiger charge is -2.24. The van der Waals surface area contributed by atoms with E-state index in [1.165, 1.54) is 23.8 Å². The summed E-state index contributed by atoms with van der Waals surface area (Å²) in [5, 5.41) is 11.5. The zero-order chi connectivity index (χ0) is 19.8. The molecule has 3 atom stereocenters. The van der Waals surface area contributed by atoms with Gasteiger partial charge in [-0.1, -0.05) is 6.07 Å². The average molecular weight is 515 g/mol. The molecule has 1 heterocycles. The molecule has 0 aliphatic heterocycles. The van der Waals surface area contributed by atoms with Crippen LogP contribution in [-0.2, 0) is 12.8 Å². The van der Waals surface area contributed by atoms with Crippen molar-refractivity contribution in [2.24, 2.45) is 4.99 Å². The second kappa shape index (κ2) is 8.97. The van der Waals surface area contributed by atoms with Crippen LogP contribution in [0, 0.1) is 11.6 Å². The summed E-state index contributed by atoms with van der Waals surface area (Å²) in [6.45, 7) is 4.26. The summed E-state index contributed by atoms with van der Waals surface area (Å²) >= 11 is 0. The van der Waals surface area contributed by atoms with Crippen molar-refractivity contribution in [1.82, 2.24) is 20.4 Å². The van der Waals surface area contributed by atoms with E-state index in [4.69, 9.17) is 5.10 Å². The molecule has 1 saturated carbocycles.